The summed E-state index contributed by atoms with van der Waals surface area (Å²) in [6, 6.07) is 6.56. The van der Waals surface area contributed by atoms with Gasteiger partial charge in [-0.3, -0.25) is 0 Å². The number of hydrogen-bond donors (Lipinski definition) is 1. The summed E-state index contributed by atoms with van der Waals surface area (Å²) < 4.78 is 5.58. The van der Waals surface area contributed by atoms with Gasteiger partial charge in [0.15, 0.2) is 0 Å². The monoisotopic (exact) mass is 249 g/mol. The van der Waals surface area contributed by atoms with Crippen molar-refractivity contribution in [2.75, 3.05) is 20.2 Å². The van der Waals surface area contributed by atoms with Crippen molar-refractivity contribution in [3.63, 3.8) is 0 Å². The first-order chi connectivity index (χ1) is 8.58. The van der Waals surface area contributed by atoms with Crippen LogP contribution in [0.15, 0.2) is 18.2 Å². The average molecular weight is 249 g/mol. The maximum atomic E-state index is 5.58. The van der Waals surface area contributed by atoms with E-state index in [1.165, 1.54) is 11.1 Å². The minimum Gasteiger partial charge on any atom is -0.494 e. The number of ether oxygens (including phenoxy) is 1. The lowest BCUT2D eigenvalue weighted by Crippen LogP contribution is -2.25. The smallest absolute Gasteiger partial charge is 0.122 e. The molecule has 1 unspecified atom stereocenters. The fourth-order valence-corrected chi connectivity index (χ4v) is 2.26. The van der Waals surface area contributed by atoms with Crippen LogP contribution in [0.4, 0.5) is 0 Å². The van der Waals surface area contributed by atoms with Crippen molar-refractivity contribution in [2.45, 2.75) is 34.1 Å². The van der Waals surface area contributed by atoms with E-state index in [-0.39, 0.29) is 0 Å². The molecule has 102 valence electrons. The molecule has 0 heterocycles. The van der Waals surface area contributed by atoms with Gasteiger partial charge in [0, 0.05) is 0 Å². The first-order valence-electron chi connectivity index (χ1n) is 6.95. The number of hydrogen-bond acceptors (Lipinski definition) is 2. The zero-order chi connectivity index (χ0) is 13.5. The fourth-order valence-electron chi connectivity index (χ4n) is 2.26. The maximum absolute atomic E-state index is 5.58. The molecule has 1 atom stereocenters. The lowest BCUT2D eigenvalue weighted by atomic mass is 9.88. The molecule has 2 heteroatoms. The van der Waals surface area contributed by atoms with Gasteiger partial charge in [0.05, 0.1) is 6.61 Å². The molecular weight excluding hydrogens is 222 g/mol. The highest BCUT2D eigenvalue weighted by Gasteiger charge is 2.13. The second-order valence-corrected chi connectivity index (χ2v) is 5.30. The number of rotatable bonds is 7. The van der Waals surface area contributed by atoms with Gasteiger partial charge >= 0.3 is 0 Å². The summed E-state index contributed by atoms with van der Waals surface area (Å²) in [6.45, 7) is 10.5. The van der Waals surface area contributed by atoms with Crippen molar-refractivity contribution >= 4 is 0 Å². The summed E-state index contributed by atoms with van der Waals surface area (Å²) in [7, 11) is 2.03. The average Bonchev–Trinajstić information content (AvgIpc) is 2.32. The Hall–Kier alpha value is -1.02. The minimum absolute atomic E-state index is 0.687. The molecule has 0 aliphatic carbocycles. The van der Waals surface area contributed by atoms with Gasteiger partial charge in [-0.05, 0) is 62.9 Å². The van der Waals surface area contributed by atoms with E-state index in [9.17, 15) is 0 Å². The zero-order valence-electron chi connectivity index (χ0n) is 12.4. The Labute approximate surface area is 112 Å². The zero-order valence-corrected chi connectivity index (χ0v) is 12.4. The van der Waals surface area contributed by atoms with Gasteiger partial charge in [0.2, 0.25) is 0 Å². The predicted molar refractivity (Wildman–Crippen MR) is 78.3 cm³/mol. The molecule has 2 nitrogen and oxygen atoms in total. The molecule has 1 aromatic carbocycles. The molecule has 0 aliphatic rings. The second kappa shape index (κ2) is 7.42. The van der Waals surface area contributed by atoms with E-state index < -0.39 is 0 Å². The third-order valence-corrected chi connectivity index (χ3v) is 3.45. The third-order valence-electron chi connectivity index (χ3n) is 3.45. The van der Waals surface area contributed by atoms with Crippen LogP contribution in [0.5, 0.6) is 5.75 Å². The summed E-state index contributed by atoms with van der Waals surface area (Å²) >= 11 is 0. The highest BCUT2D eigenvalue weighted by Crippen LogP contribution is 2.23. The van der Waals surface area contributed by atoms with Crippen LogP contribution in [0.2, 0.25) is 0 Å². The molecule has 0 spiro atoms. The van der Waals surface area contributed by atoms with Crippen LogP contribution >= 0.6 is 0 Å². The Bertz CT molecular complexity index is 360. The predicted octanol–water partition coefficient (Wildman–Crippen LogP) is 3.43. The lowest BCUT2D eigenvalue weighted by molar-refractivity contribution is 0.337. The van der Waals surface area contributed by atoms with E-state index in [0.29, 0.717) is 11.8 Å². The van der Waals surface area contributed by atoms with Crippen LogP contribution < -0.4 is 10.1 Å². The van der Waals surface area contributed by atoms with Gasteiger partial charge in [-0.1, -0.05) is 26.0 Å². The van der Waals surface area contributed by atoms with Crippen LogP contribution in [-0.4, -0.2) is 20.2 Å². The maximum Gasteiger partial charge on any atom is 0.122 e. The van der Waals surface area contributed by atoms with Crippen molar-refractivity contribution < 1.29 is 4.74 Å². The first-order valence-corrected chi connectivity index (χ1v) is 6.95. The largest absolute Gasteiger partial charge is 0.494 e. The van der Waals surface area contributed by atoms with Gasteiger partial charge < -0.3 is 10.1 Å². The Kier molecular flexibility index (Phi) is 6.20. The van der Waals surface area contributed by atoms with Crippen LogP contribution in [0.1, 0.15) is 31.9 Å². The van der Waals surface area contributed by atoms with Gasteiger partial charge in [-0.15, -0.1) is 0 Å². The SMILES string of the molecule is CCOc1ccc(CC(CNC)C(C)C)cc1C. The Morgan fingerprint density at radius 3 is 2.50 bits per heavy atom. The van der Waals surface area contributed by atoms with Gasteiger partial charge in [-0.25, -0.2) is 0 Å². The quantitative estimate of drug-likeness (QED) is 0.799. The summed E-state index contributed by atoms with van der Waals surface area (Å²) in [4.78, 5) is 0. The Balaban J connectivity index is 2.74. The molecule has 18 heavy (non-hydrogen) atoms. The molecule has 0 amide bonds. The molecule has 0 aliphatic heterocycles. The van der Waals surface area contributed by atoms with E-state index in [4.69, 9.17) is 4.74 Å². The van der Waals surface area contributed by atoms with Crippen LogP contribution in [-0.2, 0) is 6.42 Å². The van der Waals surface area contributed by atoms with Crippen molar-refractivity contribution in [3.8, 4) is 5.75 Å². The van der Waals surface area contributed by atoms with E-state index in [0.717, 1.165) is 25.3 Å². The van der Waals surface area contributed by atoms with Crippen LogP contribution in [0.25, 0.3) is 0 Å². The van der Waals surface area contributed by atoms with E-state index in [1.54, 1.807) is 0 Å². The highest BCUT2D eigenvalue weighted by atomic mass is 16.5. The topological polar surface area (TPSA) is 21.3 Å². The Morgan fingerprint density at radius 1 is 1.28 bits per heavy atom. The van der Waals surface area contributed by atoms with Crippen molar-refractivity contribution in [3.05, 3.63) is 29.3 Å². The number of benzene rings is 1. The van der Waals surface area contributed by atoms with Crippen molar-refractivity contribution in [1.82, 2.24) is 5.32 Å². The molecule has 0 saturated carbocycles. The van der Waals surface area contributed by atoms with Gasteiger partial charge in [0.25, 0.3) is 0 Å². The molecule has 0 radical (unpaired) electrons. The normalized spacial score (nSPS) is 12.8. The van der Waals surface area contributed by atoms with Crippen LogP contribution in [0.3, 0.4) is 0 Å². The Morgan fingerprint density at radius 2 is 2.00 bits per heavy atom. The van der Waals surface area contributed by atoms with Crippen LogP contribution in [0, 0.1) is 18.8 Å². The van der Waals surface area contributed by atoms with E-state index in [1.807, 2.05) is 14.0 Å². The number of nitrogens with one attached hydrogen (secondary N) is 1. The summed E-state index contributed by atoms with van der Waals surface area (Å²) in [5.74, 6) is 2.40. The summed E-state index contributed by atoms with van der Waals surface area (Å²) in [6.07, 6.45) is 1.13. The van der Waals surface area contributed by atoms with Gasteiger partial charge in [-0.2, -0.15) is 0 Å². The molecular formula is C16H27NO. The van der Waals surface area contributed by atoms with Gasteiger partial charge in [0.1, 0.15) is 5.75 Å². The standard InChI is InChI=1S/C16H27NO/c1-6-18-16-8-7-14(9-13(16)4)10-15(11-17-5)12(2)3/h7-9,12,15,17H,6,10-11H2,1-5H3. The molecule has 0 bridgehead atoms. The molecule has 1 rings (SSSR count). The summed E-state index contributed by atoms with van der Waals surface area (Å²) in [5.41, 5.74) is 2.64. The fraction of sp³-hybridized carbons (Fsp3) is 0.625. The van der Waals surface area contributed by atoms with Crippen molar-refractivity contribution in [1.29, 1.82) is 0 Å². The third kappa shape index (κ3) is 4.34. The molecule has 0 fully saturated rings. The van der Waals surface area contributed by atoms with E-state index in [2.05, 4.69) is 44.3 Å². The lowest BCUT2D eigenvalue weighted by Gasteiger charge is -2.21. The molecule has 1 aromatic rings. The first kappa shape index (κ1) is 15.0. The number of aryl methyl sites for hydroxylation is 1. The van der Waals surface area contributed by atoms with Crippen molar-refractivity contribution in [2.24, 2.45) is 11.8 Å². The molecule has 0 saturated heterocycles. The molecule has 1 N–H and O–H groups in total. The minimum atomic E-state index is 0.687. The second-order valence-electron chi connectivity index (χ2n) is 5.30. The highest BCUT2D eigenvalue weighted by molar-refractivity contribution is 5.36. The summed E-state index contributed by atoms with van der Waals surface area (Å²) in [5, 5.41) is 3.29. The van der Waals surface area contributed by atoms with E-state index >= 15 is 0 Å². The molecule has 0 aromatic heterocycles.